The van der Waals surface area contributed by atoms with Crippen LogP contribution in [0.5, 0.6) is 0 Å². The highest BCUT2D eigenvalue weighted by molar-refractivity contribution is 7.14. The third kappa shape index (κ3) is 3.12. The van der Waals surface area contributed by atoms with Gasteiger partial charge in [0, 0.05) is 17.5 Å². The molecule has 0 radical (unpaired) electrons. The zero-order valence-corrected chi connectivity index (χ0v) is 11.8. The van der Waals surface area contributed by atoms with Gasteiger partial charge in [0.05, 0.1) is 4.88 Å². The Kier molecular flexibility index (Phi) is 4.78. The predicted molar refractivity (Wildman–Crippen MR) is 76.2 cm³/mol. The summed E-state index contributed by atoms with van der Waals surface area (Å²) in [5.74, 6) is 0.0564. The lowest BCUT2D eigenvalue weighted by Crippen LogP contribution is -2.39. The van der Waals surface area contributed by atoms with Gasteiger partial charge in [0.2, 0.25) is 0 Å². The molecule has 0 bridgehead atoms. The number of amides is 1. The molecule has 1 aliphatic rings. The molecular formula is C14H22N2OS. The van der Waals surface area contributed by atoms with E-state index >= 15 is 0 Å². The van der Waals surface area contributed by atoms with Gasteiger partial charge in [0.15, 0.2) is 0 Å². The largest absolute Gasteiger partial charge is 0.347 e. The van der Waals surface area contributed by atoms with Crippen LogP contribution in [-0.2, 0) is 12.8 Å². The number of hydrogen-bond donors (Lipinski definition) is 2. The molecule has 0 aliphatic heterocycles. The Labute approximate surface area is 113 Å². The number of carbonyl (C=O) groups is 1. The number of nitrogens with one attached hydrogen (secondary N) is 1. The van der Waals surface area contributed by atoms with Crippen molar-refractivity contribution in [3.63, 3.8) is 0 Å². The lowest BCUT2D eigenvalue weighted by molar-refractivity contribution is 0.0940. The topological polar surface area (TPSA) is 55.1 Å². The minimum atomic E-state index is 0.0564. The number of nitrogens with two attached hydrogens (primary N) is 1. The van der Waals surface area contributed by atoms with Crippen LogP contribution in [0.25, 0.3) is 0 Å². The lowest BCUT2D eigenvalue weighted by Gasteiger charge is -2.15. The molecule has 0 spiro atoms. The zero-order chi connectivity index (χ0) is 13.0. The fraction of sp³-hybridized carbons (Fsp3) is 0.643. The van der Waals surface area contributed by atoms with E-state index in [-0.39, 0.29) is 11.9 Å². The van der Waals surface area contributed by atoms with Crippen LogP contribution in [0.3, 0.4) is 0 Å². The Morgan fingerprint density at radius 1 is 1.56 bits per heavy atom. The SMILES string of the molecule is CCCCC(CN)NC(=O)c1cc2c(s1)CCC2. The van der Waals surface area contributed by atoms with Crippen molar-refractivity contribution in [1.82, 2.24) is 5.32 Å². The summed E-state index contributed by atoms with van der Waals surface area (Å²) in [4.78, 5) is 14.4. The van der Waals surface area contributed by atoms with Gasteiger partial charge < -0.3 is 11.1 Å². The molecule has 1 aliphatic carbocycles. The molecule has 1 aromatic heterocycles. The van der Waals surface area contributed by atoms with E-state index in [1.807, 2.05) is 0 Å². The van der Waals surface area contributed by atoms with Gasteiger partial charge >= 0.3 is 0 Å². The number of unbranched alkanes of at least 4 members (excludes halogenated alkanes) is 1. The summed E-state index contributed by atoms with van der Waals surface area (Å²) in [5.41, 5.74) is 7.08. The van der Waals surface area contributed by atoms with E-state index in [1.165, 1.54) is 16.9 Å². The van der Waals surface area contributed by atoms with Crippen LogP contribution in [-0.4, -0.2) is 18.5 Å². The Bertz CT molecular complexity index is 392. The predicted octanol–water partition coefficient (Wildman–Crippen LogP) is 2.48. The van der Waals surface area contributed by atoms with E-state index in [0.29, 0.717) is 6.54 Å². The number of rotatable bonds is 6. The summed E-state index contributed by atoms with van der Waals surface area (Å²) in [6.45, 7) is 2.68. The molecular weight excluding hydrogens is 244 g/mol. The molecule has 1 amide bonds. The number of aryl methyl sites for hydroxylation is 2. The van der Waals surface area contributed by atoms with Crippen molar-refractivity contribution in [1.29, 1.82) is 0 Å². The fourth-order valence-electron chi connectivity index (χ4n) is 2.40. The summed E-state index contributed by atoms with van der Waals surface area (Å²) < 4.78 is 0. The van der Waals surface area contributed by atoms with Crippen molar-refractivity contribution in [2.45, 2.75) is 51.5 Å². The molecule has 3 N–H and O–H groups in total. The van der Waals surface area contributed by atoms with Crippen LogP contribution in [0.15, 0.2) is 6.07 Å². The van der Waals surface area contributed by atoms with Crippen LogP contribution < -0.4 is 11.1 Å². The number of carbonyl (C=O) groups excluding carboxylic acids is 1. The highest BCUT2D eigenvalue weighted by Gasteiger charge is 2.19. The van der Waals surface area contributed by atoms with E-state index in [0.717, 1.165) is 37.0 Å². The molecule has 1 heterocycles. The fourth-order valence-corrected chi connectivity index (χ4v) is 3.55. The molecule has 0 fully saturated rings. The molecule has 4 heteroatoms. The monoisotopic (exact) mass is 266 g/mol. The first-order valence-corrected chi connectivity index (χ1v) is 7.68. The molecule has 3 nitrogen and oxygen atoms in total. The average Bonchev–Trinajstić information content (AvgIpc) is 2.94. The number of thiophene rings is 1. The standard InChI is InChI=1S/C14H22N2OS/c1-2-3-6-11(9-15)16-14(17)13-8-10-5-4-7-12(10)18-13/h8,11H,2-7,9,15H2,1H3,(H,16,17). The number of fused-ring (bicyclic) bond motifs is 1. The maximum absolute atomic E-state index is 12.1. The molecule has 1 atom stereocenters. The van der Waals surface area contributed by atoms with Gasteiger partial charge in [0.25, 0.3) is 5.91 Å². The molecule has 100 valence electrons. The summed E-state index contributed by atoms with van der Waals surface area (Å²) in [6.07, 6.45) is 6.75. The molecule has 18 heavy (non-hydrogen) atoms. The first-order chi connectivity index (χ1) is 8.74. The van der Waals surface area contributed by atoms with Crippen LogP contribution in [0.1, 0.15) is 52.7 Å². The third-order valence-electron chi connectivity index (χ3n) is 3.50. The highest BCUT2D eigenvalue weighted by Crippen LogP contribution is 2.30. The summed E-state index contributed by atoms with van der Waals surface area (Å²) in [6, 6.07) is 2.19. The molecule has 0 saturated heterocycles. The smallest absolute Gasteiger partial charge is 0.261 e. The van der Waals surface area contributed by atoms with E-state index in [2.05, 4.69) is 18.3 Å². The molecule has 1 aromatic rings. The van der Waals surface area contributed by atoms with E-state index < -0.39 is 0 Å². The molecule has 1 unspecified atom stereocenters. The first kappa shape index (κ1) is 13.6. The van der Waals surface area contributed by atoms with Crippen LogP contribution in [0.4, 0.5) is 0 Å². The van der Waals surface area contributed by atoms with E-state index in [9.17, 15) is 4.79 Å². The third-order valence-corrected chi connectivity index (χ3v) is 4.73. The maximum Gasteiger partial charge on any atom is 0.261 e. The quantitative estimate of drug-likeness (QED) is 0.831. The molecule has 0 aromatic carbocycles. The Morgan fingerprint density at radius 2 is 2.39 bits per heavy atom. The average molecular weight is 266 g/mol. The highest BCUT2D eigenvalue weighted by atomic mass is 32.1. The van der Waals surface area contributed by atoms with Crippen LogP contribution in [0, 0.1) is 0 Å². The Morgan fingerprint density at radius 3 is 3.06 bits per heavy atom. The second-order valence-corrected chi connectivity index (χ2v) is 6.10. The normalized spacial score (nSPS) is 15.4. The van der Waals surface area contributed by atoms with Crippen LogP contribution in [0.2, 0.25) is 0 Å². The van der Waals surface area contributed by atoms with E-state index in [1.54, 1.807) is 11.3 Å². The minimum Gasteiger partial charge on any atom is -0.347 e. The molecule has 0 saturated carbocycles. The van der Waals surface area contributed by atoms with Gasteiger partial charge in [0.1, 0.15) is 0 Å². The molecule has 2 rings (SSSR count). The summed E-state index contributed by atoms with van der Waals surface area (Å²) in [5, 5.41) is 3.05. The van der Waals surface area contributed by atoms with Crippen LogP contribution >= 0.6 is 11.3 Å². The minimum absolute atomic E-state index is 0.0564. The van der Waals surface area contributed by atoms with Crippen molar-refractivity contribution in [2.75, 3.05) is 6.54 Å². The number of hydrogen-bond acceptors (Lipinski definition) is 3. The van der Waals surface area contributed by atoms with Crippen molar-refractivity contribution in [3.8, 4) is 0 Å². The van der Waals surface area contributed by atoms with Crippen molar-refractivity contribution in [2.24, 2.45) is 5.73 Å². The van der Waals surface area contributed by atoms with Gasteiger partial charge in [-0.2, -0.15) is 0 Å². The van der Waals surface area contributed by atoms with Gasteiger partial charge in [-0.15, -0.1) is 11.3 Å². The van der Waals surface area contributed by atoms with Gasteiger partial charge in [-0.25, -0.2) is 0 Å². The second kappa shape index (κ2) is 6.34. The summed E-state index contributed by atoms with van der Waals surface area (Å²) in [7, 11) is 0. The van der Waals surface area contributed by atoms with Gasteiger partial charge in [-0.1, -0.05) is 19.8 Å². The first-order valence-electron chi connectivity index (χ1n) is 6.87. The Balaban J connectivity index is 1.93. The Hall–Kier alpha value is -0.870. The second-order valence-electron chi connectivity index (χ2n) is 4.96. The van der Waals surface area contributed by atoms with Gasteiger partial charge in [-0.3, -0.25) is 4.79 Å². The maximum atomic E-state index is 12.1. The van der Waals surface area contributed by atoms with Gasteiger partial charge in [-0.05, 0) is 37.3 Å². The van der Waals surface area contributed by atoms with Crippen molar-refractivity contribution < 1.29 is 4.79 Å². The van der Waals surface area contributed by atoms with Crippen molar-refractivity contribution >= 4 is 17.2 Å². The lowest BCUT2D eigenvalue weighted by atomic mass is 10.1. The van der Waals surface area contributed by atoms with E-state index in [4.69, 9.17) is 5.73 Å². The van der Waals surface area contributed by atoms with Crippen molar-refractivity contribution in [3.05, 3.63) is 21.4 Å². The zero-order valence-electron chi connectivity index (χ0n) is 11.0. The summed E-state index contributed by atoms with van der Waals surface area (Å²) >= 11 is 1.65.